The fourth-order valence-electron chi connectivity index (χ4n) is 2.23. The Hall–Kier alpha value is -2.10. The zero-order valence-corrected chi connectivity index (χ0v) is 9.27. The third-order valence-electron chi connectivity index (χ3n) is 3.16. The first-order chi connectivity index (χ1) is 8.25. The van der Waals surface area contributed by atoms with E-state index in [0.717, 1.165) is 16.5 Å². The number of nitrogens with one attached hydrogen (secondary N) is 1. The largest absolute Gasteiger partial charge is 0.361 e. The number of amides is 2. The SMILES string of the molecule is O=C1CCC(=O)N1Cc1c[nH]c2ccccc12. The second-order valence-electron chi connectivity index (χ2n) is 4.23. The van der Waals surface area contributed by atoms with Crippen LogP contribution >= 0.6 is 0 Å². The molecule has 86 valence electrons. The number of likely N-dealkylation sites (tertiary alicyclic amines) is 1. The third-order valence-corrected chi connectivity index (χ3v) is 3.16. The lowest BCUT2D eigenvalue weighted by molar-refractivity contribution is -0.139. The van der Waals surface area contributed by atoms with E-state index in [1.54, 1.807) is 0 Å². The number of imide groups is 1. The zero-order valence-electron chi connectivity index (χ0n) is 9.27. The van der Waals surface area contributed by atoms with E-state index in [9.17, 15) is 9.59 Å². The van der Waals surface area contributed by atoms with Gasteiger partial charge in [-0.25, -0.2) is 0 Å². The van der Waals surface area contributed by atoms with Crippen LogP contribution in [-0.2, 0) is 16.1 Å². The summed E-state index contributed by atoms with van der Waals surface area (Å²) in [6.45, 7) is 0.377. The number of para-hydroxylation sites is 1. The number of hydrogen-bond acceptors (Lipinski definition) is 2. The first-order valence-corrected chi connectivity index (χ1v) is 5.64. The summed E-state index contributed by atoms with van der Waals surface area (Å²) in [5, 5.41) is 1.07. The number of carbonyl (C=O) groups is 2. The van der Waals surface area contributed by atoms with Crippen molar-refractivity contribution in [3.8, 4) is 0 Å². The molecule has 3 rings (SSSR count). The minimum Gasteiger partial charge on any atom is -0.361 e. The van der Waals surface area contributed by atoms with E-state index in [0.29, 0.717) is 19.4 Å². The van der Waals surface area contributed by atoms with Gasteiger partial charge < -0.3 is 4.98 Å². The van der Waals surface area contributed by atoms with E-state index in [-0.39, 0.29) is 11.8 Å². The fraction of sp³-hybridized carbons (Fsp3) is 0.231. The predicted octanol–water partition coefficient (Wildman–Crippen LogP) is 1.82. The molecule has 17 heavy (non-hydrogen) atoms. The summed E-state index contributed by atoms with van der Waals surface area (Å²) in [5.41, 5.74) is 2.02. The summed E-state index contributed by atoms with van der Waals surface area (Å²) in [4.78, 5) is 27.6. The molecule has 0 unspecified atom stereocenters. The Morgan fingerprint density at radius 1 is 1.12 bits per heavy atom. The van der Waals surface area contributed by atoms with Crippen molar-refractivity contribution in [3.63, 3.8) is 0 Å². The molecule has 1 aromatic carbocycles. The van der Waals surface area contributed by atoms with Crippen LogP contribution < -0.4 is 0 Å². The van der Waals surface area contributed by atoms with Crippen molar-refractivity contribution < 1.29 is 9.59 Å². The van der Waals surface area contributed by atoms with E-state index >= 15 is 0 Å². The molecule has 1 fully saturated rings. The molecule has 0 radical (unpaired) electrons. The van der Waals surface area contributed by atoms with Gasteiger partial charge in [-0.1, -0.05) is 18.2 Å². The normalized spacial score (nSPS) is 16.1. The molecule has 0 bridgehead atoms. The molecule has 1 aromatic heterocycles. The van der Waals surface area contributed by atoms with Gasteiger partial charge in [0.1, 0.15) is 0 Å². The van der Waals surface area contributed by atoms with E-state index < -0.39 is 0 Å². The second kappa shape index (κ2) is 3.73. The van der Waals surface area contributed by atoms with Gasteiger partial charge in [-0.2, -0.15) is 0 Å². The highest BCUT2D eigenvalue weighted by atomic mass is 16.2. The zero-order chi connectivity index (χ0) is 11.8. The van der Waals surface area contributed by atoms with Crippen LogP contribution in [0.4, 0.5) is 0 Å². The van der Waals surface area contributed by atoms with Gasteiger partial charge in [-0.15, -0.1) is 0 Å². The minimum absolute atomic E-state index is 0.0692. The maximum Gasteiger partial charge on any atom is 0.229 e. The number of benzene rings is 1. The lowest BCUT2D eigenvalue weighted by Crippen LogP contribution is -2.28. The number of rotatable bonds is 2. The highest BCUT2D eigenvalue weighted by Gasteiger charge is 2.29. The number of nitrogens with zero attached hydrogens (tertiary/aromatic N) is 1. The number of H-pyrrole nitrogens is 1. The van der Waals surface area contributed by atoms with E-state index in [2.05, 4.69) is 4.98 Å². The summed E-state index contributed by atoms with van der Waals surface area (Å²) >= 11 is 0. The van der Waals surface area contributed by atoms with Gasteiger partial charge in [0, 0.05) is 29.9 Å². The first-order valence-electron chi connectivity index (χ1n) is 5.64. The standard InChI is InChI=1S/C13H12N2O2/c16-12-5-6-13(17)15(12)8-9-7-14-11-4-2-1-3-10(9)11/h1-4,7,14H,5-6,8H2. The molecular weight excluding hydrogens is 216 g/mol. The molecule has 0 spiro atoms. The van der Waals surface area contributed by atoms with Crippen molar-refractivity contribution in [1.29, 1.82) is 0 Å². The molecule has 2 aromatic rings. The van der Waals surface area contributed by atoms with Crippen molar-refractivity contribution in [2.24, 2.45) is 0 Å². The van der Waals surface area contributed by atoms with Crippen LogP contribution in [0.15, 0.2) is 30.5 Å². The molecule has 0 saturated carbocycles. The monoisotopic (exact) mass is 228 g/mol. The van der Waals surface area contributed by atoms with Crippen LogP contribution in [0, 0.1) is 0 Å². The van der Waals surface area contributed by atoms with E-state index in [1.807, 2.05) is 30.5 Å². The molecule has 1 aliphatic rings. The highest BCUT2D eigenvalue weighted by molar-refractivity contribution is 6.02. The highest BCUT2D eigenvalue weighted by Crippen LogP contribution is 2.22. The van der Waals surface area contributed by atoms with Crippen molar-refractivity contribution in [1.82, 2.24) is 9.88 Å². The van der Waals surface area contributed by atoms with Gasteiger partial charge in [0.15, 0.2) is 0 Å². The van der Waals surface area contributed by atoms with Gasteiger partial charge in [-0.05, 0) is 11.6 Å². The third kappa shape index (κ3) is 1.62. The molecule has 1 aliphatic heterocycles. The Morgan fingerprint density at radius 2 is 1.82 bits per heavy atom. The van der Waals surface area contributed by atoms with Crippen molar-refractivity contribution >= 4 is 22.7 Å². The van der Waals surface area contributed by atoms with Crippen LogP contribution in [0.25, 0.3) is 10.9 Å². The smallest absolute Gasteiger partial charge is 0.229 e. The molecule has 4 heteroatoms. The molecular formula is C13H12N2O2. The Balaban J connectivity index is 1.95. The van der Waals surface area contributed by atoms with Gasteiger partial charge in [0.05, 0.1) is 6.54 Å². The number of hydrogen-bond donors (Lipinski definition) is 1. The molecule has 1 saturated heterocycles. The number of aromatic amines is 1. The Morgan fingerprint density at radius 3 is 2.59 bits per heavy atom. The summed E-state index contributed by atoms with van der Waals surface area (Å²) in [7, 11) is 0. The lowest BCUT2D eigenvalue weighted by atomic mass is 10.1. The Bertz CT molecular complexity index is 584. The molecule has 1 N–H and O–H groups in total. The Kier molecular flexibility index (Phi) is 2.21. The van der Waals surface area contributed by atoms with E-state index in [1.165, 1.54) is 4.90 Å². The molecule has 0 atom stereocenters. The first kappa shape index (κ1) is 10.1. The predicted molar refractivity (Wildman–Crippen MR) is 63.1 cm³/mol. The average molecular weight is 228 g/mol. The van der Waals surface area contributed by atoms with Crippen LogP contribution in [0.2, 0.25) is 0 Å². The van der Waals surface area contributed by atoms with Gasteiger partial charge in [0.25, 0.3) is 0 Å². The fourth-order valence-corrected chi connectivity index (χ4v) is 2.23. The number of carbonyl (C=O) groups excluding carboxylic acids is 2. The Labute approximate surface area is 98.2 Å². The van der Waals surface area contributed by atoms with Gasteiger partial charge >= 0.3 is 0 Å². The summed E-state index contributed by atoms with van der Waals surface area (Å²) < 4.78 is 0. The second-order valence-corrected chi connectivity index (χ2v) is 4.23. The number of fused-ring (bicyclic) bond motifs is 1. The summed E-state index contributed by atoms with van der Waals surface area (Å²) in [6.07, 6.45) is 2.56. The van der Waals surface area contributed by atoms with Crippen molar-refractivity contribution in [3.05, 3.63) is 36.0 Å². The summed E-state index contributed by atoms with van der Waals surface area (Å²) in [5.74, 6) is -0.138. The molecule has 4 nitrogen and oxygen atoms in total. The molecule has 2 amide bonds. The lowest BCUT2D eigenvalue weighted by Gasteiger charge is -2.12. The molecule has 0 aliphatic carbocycles. The van der Waals surface area contributed by atoms with E-state index in [4.69, 9.17) is 0 Å². The van der Waals surface area contributed by atoms with Gasteiger partial charge in [0.2, 0.25) is 11.8 Å². The quantitative estimate of drug-likeness (QED) is 0.797. The summed E-state index contributed by atoms with van der Waals surface area (Å²) in [6, 6.07) is 7.88. The maximum atomic E-state index is 11.5. The van der Waals surface area contributed by atoms with Crippen molar-refractivity contribution in [2.75, 3.05) is 0 Å². The van der Waals surface area contributed by atoms with Crippen molar-refractivity contribution in [2.45, 2.75) is 19.4 Å². The molecule has 2 heterocycles. The van der Waals surface area contributed by atoms with Gasteiger partial charge in [-0.3, -0.25) is 14.5 Å². The topological polar surface area (TPSA) is 53.2 Å². The minimum atomic E-state index is -0.0692. The average Bonchev–Trinajstić information content (AvgIpc) is 2.88. The van der Waals surface area contributed by atoms with Crippen LogP contribution in [-0.4, -0.2) is 21.7 Å². The van der Waals surface area contributed by atoms with Crippen LogP contribution in [0.1, 0.15) is 18.4 Å². The van der Waals surface area contributed by atoms with Crippen LogP contribution in [0.5, 0.6) is 0 Å². The van der Waals surface area contributed by atoms with Crippen LogP contribution in [0.3, 0.4) is 0 Å². The number of aromatic nitrogens is 1. The maximum absolute atomic E-state index is 11.5.